The minimum atomic E-state index is 0.418. The molecule has 20 heavy (non-hydrogen) atoms. The molecule has 3 rings (SSSR count). The van der Waals surface area contributed by atoms with Gasteiger partial charge in [-0.1, -0.05) is 12.1 Å². The van der Waals surface area contributed by atoms with Crippen molar-refractivity contribution >= 4 is 22.8 Å². The second-order valence-electron chi connectivity index (χ2n) is 4.16. The zero-order chi connectivity index (χ0) is 13.8. The third kappa shape index (κ3) is 2.51. The normalized spacial score (nSPS) is 10.8. The fourth-order valence-electron chi connectivity index (χ4n) is 1.72. The Morgan fingerprint density at radius 2 is 2.25 bits per heavy atom. The van der Waals surface area contributed by atoms with Gasteiger partial charge in [-0.15, -0.1) is 0 Å². The molecule has 0 amide bonds. The molecular weight excluding hydrogens is 260 g/mol. The Kier molecular flexibility index (Phi) is 3.40. The van der Waals surface area contributed by atoms with Gasteiger partial charge in [0.15, 0.2) is 11.5 Å². The van der Waals surface area contributed by atoms with Crippen LogP contribution in [0.25, 0.3) is 11.0 Å². The van der Waals surface area contributed by atoms with Crippen molar-refractivity contribution in [2.45, 2.75) is 19.9 Å². The molecule has 0 aliphatic rings. The smallest absolute Gasteiger partial charge is 0.226 e. The number of hydrogen-bond acceptors (Lipinski definition) is 8. The lowest BCUT2D eigenvalue weighted by Crippen LogP contribution is -2.08. The second-order valence-corrected chi connectivity index (χ2v) is 4.16. The van der Waals surface area contributed by atoms with Crippen molar-refractivity contribution in [3.05, 3.63) is 18.4 Å². The Hall–Kier alpha value is -2.71. The summed E-state index contributed by atoms with van der Waals surface area (Å²) in [5, 5.41) is 17.7. The van der Waals surface area contributed by atoms with E-state index in [1.54, 1.807) is 6.20 Å². The number of fused-ring (bicyclic) bond motifs is 1. The average Bonchev–Trinajstić information content (AvgIpc) is 3.13. The molecule has 3 N–H and O–H groups in total. The van der Waals surface area contributed by atoms with Crippen LogP contribution in [0.1, 0.15) is 19.2 Å². The summed E-state index contributed by atoms with van der Waals surface area (Å²) in [5.74, 6) is 1.79. The minimum Gasteiger partial charge on any atom is -0.362 e. The quantitative estimate of drug-likeness (QED) is 0.613. The van der Waals surface area contributed by atoms with Gasteiger partial charge in [0, 0.05) is 6.54 Å². The third-order valence-corrected chi connectivity index (χ3v) is 2.66. The molecule has 9 nitrogen and oxygen atoms in total. The molecule has 0 saturated heterocycles. The maximum atomic E-state index is 4.69. The second kappa shape index (κ2) is 5.51. The lowest BCUT2D eigenvalue weighted by Gasteiger charge is -2.07. The number of nitrogens with zero attached hydrogens (tertiary/aromatic N) is 5. The highest BCUT2D eigenvalue weighted by atomic mass is 16.5. The highest BCUT2D eigenvalue weighted by Gasteiger charge is 2.10. The van der Waals surface area contributed by atoms with Crippen molar-refractivity contribution in [2.75, 3.05) is 17.2 Å². The van der Waals surface area contributed by atoms with Crippen molar-refractivity contribution < 1.29 is 4.52 Å². The van der Waals surface area contributed by atoms with E-state index < -0.39 is 0 Å². The van der Waals surface area contributed by atoms with Crippen LogP contribution in [0.4, 0.5) is 11.8 Å². The number of anilines is 2. The number of H-pyrrole nitrogens is 1. The van der Waals surface area contributed by atoms with Gasteiger partial charge in [0.1, 0.15) is 5.82 Å². The first kappa shape index (κ1) is 12.3. The topological polar surface area (TPSA) is 117 Å². The molecule has 0 radical (unpaired) electrons. The zero-order valence-electron chi connectivity index (χ0n) is 10.9. The molecule has 3 aromatic rings. The van der Waals surface area contributed by atoms with Crippen LogP contribution in [-0.2, 0) is 6.54 Å². The lowest BCUT2D eigenvalue weighted by atomic mass is 10.4. The molecule has 0 aliphatic heterocycles. The zero-order valence-corrected chi connectivity index (χ0v) is 10.9. The molecule has 3 heterocycles. The molecule has 0 saturated carbocycles. The van der Waals surface area contributed by atoms with Crippen molar-refractivity contribution in [1.29, 1.82) is 0 Å². The fourth-order valence-corrected chi connectivity index (χ4v) is 1.72. The summed E-state index contributed by atoms with van der Waals surface area (Å²) in [5.41, 5.74) is 0.675. The van der Waals surface area contributed by atoms with Gasteiger partial charge >= 0.3 is 0 Å². The highest BCUT2D eigenvalue weighted by molar-refractivity contribution is 5.86. The molecule has 0 atom stereocenters. The van der Waals surface area contributed by atoms with Gasteiger partial charge in [0.25, 0.3) is 0 Å². The molecule has 104 valence electrons. The Bertz CT molecular complexity index is 677. The monoisotopic (exact) mass is 274 g/mol. The molecule has 0 unspecified atom stereocenters. The van der Waals surface area contributed by atoms with Crippen LogP contribution in [-0.4, -0.2) is 36.9 Å². The Balaban J connectivity index is 1.85. The summed E-state index contributed by atoms with van der Waals surface area (Å²) in [6.45, 7) is 3.31. The molecule has 0 aliphatic carbocycles. The lowest BCUT2D eigenvalue weighted by molar-refractivity contribution is 0.411. The van der Waals surface area contributed by atoms with Crippen LogP contribution in [0.5, 0.6) is 0 Å². The van der Waals surface area contributed by atoms with Gasteiger partial charge in [-0.2, -0.15) is 20.1 Å². The van der Waals surface area contributed by atoms with E-state index in [4.69, 9.17) is 0 Å². The first-order valence-corrected chi connectivity index (χ1v) is 6.31. The number of aromatic amines is 1. The van der Waals surface area contributed by atoms with Gasteiger partial charge in [0.05, 0.1) is 18.1 Å². The van der Waals surface area contributed by atoms with E-state index in [2.05, 4.69) is 52.4 Å². The van der Waals surface area contributed by atoms with E-state index in [9.17, 15) is 0 Å². The summed E-state index contributed by atoms with van der Waals surface area (Å²) >= 11 is 0. The first-order chi connectivity index (χ1) is 9.86. The molecule has 0 spiro atoms. The highest BCUT2D eigenvalue weighted by Crippen LogP contribution is 2.20. The number of hydrogen-bond donors (Lipinski definition) is 3. The third-order valence-electron chi connectivity index (χ3n) is 2.66. The van der Waals surface area contributed by atoms with E-state index in [1.165, 1.54) is 6.39 Å². The SMILES string of the molecule is CCCNc1nc(NCc2ncon2)c2cn[nH]c2n1. The summed E-state index contributed by atoms with van der Waals surface area (Å²) in [7, 11) is 0. The maximum Gasteiger partial charge on any atom is 0.226 e. The molecule has 3 aromatic heterocycles. The van der Waals surface area contributed by atoms with Crippen molar-refractivity contribution in [2.24, 2.45) is 0 Å². The maximum absolute atomic E-state index is 4.69. The Labute approximate surface area is 114 Å². The standard InChI is InChI=1S/C11H14N8O/c1-2-3-12-11-16-9(7-4-15-18-10(7)17-11)13-5-8-14-6-20-19-8/h4,6H,2-3,5H2,1H3,(H3,12,13,15,16,17,18). The predicted octanol–water partition coefficient (Wildman–Crippen LogP) is 1.17. The van der Waals surface area contributed by atoms with Crippen LogP contribution in [0.3, 0.4) is 0 Å². The van der Waals surface area contributed by atoms with Gasteiger partial charge in [-0.25, -0.2) is 0 Å². The van der Waals surface area contributed by atoms with Gasteiger partial charge in [0.2, 0.25) is 12.3 Å². The number of aromatic nitrogens is 6. The van der Waals surface area contributed by atoms with Crippen molar-refractivity contribution in [1.82, 2.24) is 30.3 Å². The molecule has 0 fully saturated rings. The van der Waals surface area contributed by atoms with Crippen LogP contribution in [0, 0.1) is 0 Å². The average molecular weight is 274 g/mol. The van der Waals surface area contributed by atoms with E-state index in [1.807, 2.05) is 0 Å². The number of nitrogens with one attached hydrogen (secondary N) is 3. The van der Waals surface area contributed by atoms with E-state index >= 15 is 0 Å². The van der Waals surface area contributed by atoms with Crippen LogP contribution in [0.2, 0.25) is 0 Å². The van der Waals surface area contributed by atoms with E-state index in [-0.39, 0.29) is 0 Å². The van der Waals surface area contributed by atoms with Crippen LogP contribution >= 0.6 is 0 Å². The van der Waals surface area contributed by atoms with Gasteiger partial charge < -0.3 is 15.2 Å². The minimum absolute atomic E-state index is 0.418. The molecular formula is C11H14N8O. The Morgan fingerprint density at radius 3 is 3.05 bits per heavy atom. The van der Waals surface area contributed by atoms with Gasteiger partial charge in [-0.3, -0.25) is 5.10 Å². The summed E-state index contributed by atoms with van der Waals surface area (Å²) in [6.07, 6.45) is 3.96. The molecule has 9 heteroatoms. The fraction of sp³-hybridized carbons (Fsp3) is 0.364. The predicted molar refractivity (Wildman–Crippen MR) is 72.1 cm³/mol. The summed E-state index contributed by atoms with van der Waals surface area (Å²) in [6, 6.07) is 0. The number of rotatable bonds is 6. The van der Waals surface area contributed by atoms with Gasteiger partial charge in [-0.05, 0) is 6.42 Å². The van der Waals surface area contributed by atoms with Crippen LogP contribution in [0.15, 0.2) is 17.1 Å². The first-order valence-electron chi connectivity index (χ1n) is 6.31. The summed E-state index contributed by atoms with van der Waals surface area (Å²) in [4.78, 5) is 12.7. The largest absolute Gasteiger partial charge is 0.362 e. The molecule has 0 bridgehead atoms. The van der Waals surface area contributed by atoms with E-state index in [0.717, 1.165) is 18.4 Å². The summed E-state index contributed by atoms with van der Waals surface area (Å²) < 4.78 is 4.69. The van der Waals surface area contributed by atoms with Crippen molar-refractivity contribution in [3.8, 4) is 0 Å². The van der Waals surface area contributed by atoms with Crippen LogP contribution < -0.4 is 10.6 Å². The molecule has 0 aromatic carbocycles. The van der Waals surface area contributed by atoms with E-state index in [0.29, 0.717) is 29.8 Å². The van der Waals surface area contributed by atoms with Crippen molar-refractivity contribution in [3.63, 3.8) is 0 Å². The Morgan fingerprint density at radius 1 is 1.30 bits per heavy atom.